The molecule has 94 valence electrons. The Morgan fingerprint density at radius 1 is 1.50 bits per heavy atom. The van der Waals surface area contributed by atoms with Crippen molar-refractivity contribution < 1.29 is 9.53 Å². The number of carbonyl (C=O) groups is 1. The van der Waals surface area contributed by atoms with E-state index in [1.54, 1.807) is 0 Å². The van der Waals surface area contributed by atoms with E-state index in [-0.39, 0.29) is 18.6 Å². The number of nitrogens with zero attached hydrogens (tertiary/aromatic N) is 1. The number of rotatable bonds is 7. The minimum atomic E-state index is 0.111. The van der Waals surface area contributed by atoms with Crippen LogP contribution in [0.25, 0.3) is 0 Å². The second kappa shape index (κ2) is 7.13. The summed E-state index contributed by atoms with van der Waals surface area (Å²) >= 11 is 5.67. The maximum absolute atomic E-state index is 11.9. The summed E-state index contributed by atoms with van der Waals surface area (Å²) in [5, 5.41) is 0. The van der Waals surface area contributed by atoms with Crippen LogP contribution in [0.4, 0.5) is 0 Å². The minimum absolute atomic E-state index is 0.111. The first-order chi connectivity index (χ1) is 7.65. The summed E-state index contributed by atoms with van der Waals surface area (Å²) in [5.41, 5.74) is 0. The SMILES string of the molecule is CC(C)OCC(=O)N(CCCCl)C1CCC1. The van der Waals surface area contributed by atoms with Crippen molar-refractivity contribution in [1.82, 2.24) is 4.90 Å². The lowest BCUT2D eigenvalue weighted by molar-refractivity contribution is -0.141. The quantitative estimate of drug-likeness (QED) is 0.647. The minimum Gasteiger partial charge on any atom is -0.369 e. The zero-order valence-corrected chi connectivity index (χ0v) is 11.0. The van der Waals surface area contributed by atoms with Crippen molar-refractivity contribution in [2.45, 2.75) is 51.7 Å². The maximum Gasteiger partial charge on any atom is 0.248 e. The number of hydrogen-bond acceptors (Lipinski definition) is 2. The third-order valence-corrected chi connectivity index (χ3v) is 3.18. The molecule has 1 amide bonds. The molecule has 1 saturated carbocycles. The third-order valence-electron chi connectivity index (χ3n) is 2.91. The molecule has 1 aliphatic carbocycles. The summed E-state index contributed by atoms with van der Waals surface area (Å²) in [4.78, 5) is 13.9. The molecule has 0 aromatic heterocycles. The molecule has 4 heteroatoms. The summed E-state index contributed by atoms with van der Waals surface area (Å²) in [6.45, 7) is 4.87. The highest BCUT2D eigenvalue weighted by atomic mass is 35.5. The van der Waals surface area contributed by atoms with Crippen LogP contribution in [0.1, 0.15) is 39.5 Å². The molecule has 0 heterocycles. The van der Waals surface area contributed by atoms with Gasteiger partial charge in [0, 0.05) is 18.5 Å². The first kappa shape index (κ1) is 13.8. The van der Waals surface area contributed by atoms with Crippen LogP contribution in [0.15, 0.2) is 0 Å². The zero-order valence-electron chi connectivity index (χ0n) is 10.2. The summed E-state index contributed by atoms with van der Waals surface area (Å²) in [5.74, 6) is 0.727. The number of hydrogen-bond donors (Lipinski definition) is 0. The van der Waals surface area contributed by atoms with E-state index < -0.39 is 0 Å². The average molecular weight is 248 g/mol. The van der Waals surface area contributed by atoms with Crippen molar-refractivity contribution >= 4 is 17.5 Å². The van der Waals surface area contributed by atoms with Crippen molar-refractivity contribution in [3.8, 4) is 0 Å². The highest BCUT2D eigenvalue weighted by Crippen LogP contribution is 2.25. The van der Waals surface area contributed by atoms with E-state index in [1.807, 2.05) is 18.7 Å². The summed E-state index contributed by atoms with van der Waals surface area (Å²) in [6, 6.07) is 0.437. The second-order valence-electron chi connectivity index (χ2n) is 4.57. The Balaban J connectivity index is 2.37. The standard InChI is InChI=1S/C12H22ClNO2/c1-10(2)16-9-12(15)14(8-4-7-13)11-5-3-6-11/h10-11H,3-9H2,1-2H3. The van der Waals surface area contributed by atoms with Gasteiger partial charge in [0.25, 0.3) is 0 Å². The Morgan fingerprint density at radius 3 is 2.62 bits per heavy atom. The van der Waals surface area contributed by atoms with Gasteiger partial charge in [0.2, 0.25) is 5.91 Å². The van der Waals surface area contributed by atoms with Gasteiger partial charge in [0.05, 0.1) is 6.10 Å². The fourth-order valence-corrected chi connectivity index (χ4v) is 1.88. The topological polar surface area (TPSA) is 29.5 Å². The van der Waals surface area contributed by atoms with Gasteiger partial charge in [-0.1, -0.05) is 0 Å². The van der Waals surface area contributed by atoms with Crippen LogP contribution in [-0.2, 0) is 9.53 Å². The Hall–Kier alpha value is -0.280. The van der Waals surface area contributed by atoms with Crippen molar-refractivity contribution in [3.63, 3.8) is 0 Å². The molecule has 0 aromatic rings. The molecule has 0 aromatic carbocycles. The Kier molecular flexibility index (Phi) is 6.14. The van der Waals surface area contributed by atoms with E-state index in [9.17, 15) is 4.79 Å². The molecule has 0 bridgehead atoms. The van der Waals surface area contributed by atoms with E-state index in [0.717, 1.165) is 25.8 Å². The van der Waals surface area contributed by atoms with Gasteiger partial charge in [0.1, 0.15) is 6.61 Å². The molecule has 16 heavy (non-hydrogen) atoms. The highest BCUT2D eigenvalue weighted by molar-refractivity contribution is 6.17. The Labute approximate surface area is 103 Å². The Morgan fingerprint density at radius 2 is 2.19 bits per heavy atom. The van der Waals surface area contributed by atoms with Crippen molar-refractivity contribution in [2.24, 2.45) is 0 Å². The lowest BCUT2D eigenvalue weighted by atomic mass is 9.91. The zero-order chi connectivity index (χ0) is 12.0. The molecule has 0 atom stereocenters. The molecule has 0 spiro atoms. The largest absolute Gasteiger partial charge is 0.369 e. The molecular weight excluding hydrogens is 226 g/mol. The normalized spacial score (nSPS) is 16.2. The fraction of sp³-hybridized carbons (Fsp3) is 0.917. The van der Waals surface area contributed by atoms with Crippen LogP contribution in [-0.4, -0.2) is 42.0 Å². The van der Waals surface area contributed by atoms with Gasteiger partial charge >= 0.3 is 0 Å². The van der Waals surface area contributed by atoms with Crippen LogP contribution in [0.5, 0.6) is 0 Å². The number of ether oxygens (including phenoxy) is 1. The molecule has 0 unspecified atom stereocenters. The molecule has 0 saturated heterocycles. The summed E-state index contributed by atoms with van der Waals surface area (Å²) in [7, 11) is 0. The monoisotopic (exact) mass is 247 g/mol. The lowest BCUT2D eigenvalue weighted by Crippen LogP contribution is -2.46. The molecule has 0 N–H and O–H groups in total. The molecule has 1 rings (SSSR count). The van der Waals surface area contributed by atoms with Crippen LogP contribution < -0.4 is 0 Å². The third kappa shape index (κ3) is 4.30. The van der Waals surface area contributed by atoms with Crippen LogP contribution in [0.3, 0.4) is 0 Å². The van der Waals surface area contributed by atoms with Crippen LogP contribution in [0.2, 0.25) is 0 Å². The van der Waals surface area contributed by atoms with Gasteiger partial charge < -0.3 is 9.64 Å². The predicted molar refractivity (Wildman–Crippen MR) is 65.8 cm³/mol. The van der Waals surface area contributed by atoms with Gasteiger partial charge in [-0.2, -0.15) is 0 Å². The van der Waals surface area contributed by atoms with Gasteiger partial charge in [-0.25, -0.2) is 0 Å². The van der Waals surface area contributed by atoms with E-state index in [1.165, 1.54) is 6.42 Å². The van der Waals surface area contributed by atoms with E-state index in [4.69, 9.17) is 16.3 Å². The van der Waals surface area contributed by atoms with E-state index in [0.29, 0.717) is 11.9 Å². The summed E-state index contributed by atoms with van der Waals surface area (Å²) in [6.07, 6.45) is 4.48. The van der Waals surface area contributed by atoms with Crippen LogP contribution in [0, 0.1) is 0 Å². The second-order valence-corrected chi connectivity index (χ2v) is 4.95. The molecular formula is C12H22ClNO2. The maximum atomic E-state index is 11.9. The van der Waals surface area contributed by atoms with Gasteiger partial charge in [-0.05, 0) is 39.5 Å². The van der Waals surface area contributed by atoms with Gasteiger partial charge in [0.15, 0.2) is 0 Å². The predicted octanol–water partition coefficient (Wildman–Crippen LogP) is 2.42. The van der Waals surface area contributed by atoms with Crippen LogP contribution >= 0.6 is 11.6 Å². The number of amides is 1. The molecule has 0 radical (unpaired) electrons. The first-order valence-electron chi connectivity index (χ1n) is 6.12. The lowest BCUT2D eigenvalue weighted by Gasteiger charge is -2.37. The Bertz CT molecular complexity index is 217. The highest BCUT2D eigenvalue weighted by Gasteiger charge is 2.28. The van der Waals surface area contributed by atoms with Gasteiger partial charge in [-0.15, -0.1) is 11.6 Å². The smallest absolute Gasteiger partial charge is 0.248 e. The summed E-state index contributed by atoms with van der Waals surface area (Å²) < 4.78 is 5.36. The molecule has 1 aliphatic rings. The van der Waals surface area contributed by atoms with E-state index in [2.05, 4.69) is 0 Å². The van der Waals surface area contributed by atoms with E-state index >= 15 is 0 Å². The first-order valence-corrected chi connectivity index (χ1v) is 6.65. The number of halogens is 1. The van der Waals surface area contributed by atoms with Crippen molar-refractivity contribution in [3.05, 3.63) is 0 Å². The number of carbonyl (C=O) groups excluding carboxylic acids is 1. The molecule has 0 aliphatic heterocycles. The number of alkyl halides is 1. The molecule has 1 fully saturated rings. The fourth-order valence-electron chi connectivity index (χ4n) is 1.76. The van der Waals surface area contributed by atoms with Crippen molar-refractivity contribution in [2.75, 3.05) is 19.0 Å². The van der Waals surface area contributed by atoms with Gasteiger partial charge in [-0.3, -0.25) is 4.79 Å². The average Bonchev–Trinajstić information content (AvgIpc) is 2.17. The van der Waals surface area contributed by atoms with Crippen molar-refractivity contribution in [1.29, 1.82) is 0 Å². The molecule has 3 nitrogen and oxygen atoms in total.